The lowest BCUT2D eigenvalue weighted by Gasteiger charge is -2.13. The molecule has 0 unspecified atom stereocenters. The highest BCUT2D eigenvalue weighted by Crippen LogP contribution is 2.31. The normalized spacial score (nSPS) is 10.9. The van der Waals surface area contributed by atoms with Gasteiger partial charge >= 0.3 is 5.97 Å². The number of nitrogens with zero attached hydrogens (tertiary/aromatic N) is 2. The third-order valence-corrected chi connectivity index (χ3v) is 5.49. The number of carbonyl (C=O) groups excluding carboxylic acids is 2. The van der Waals surface area contributed by atoms with Crippen molar-refractivity contribution >= 4 is 28.5 Å². The number of carbonyl (C=O) groups is 2. The van der Waals surface area contributed by atoms with E-state index in [1.54, 1.807) is 18.6 Å². The highest BCUT2D eigenvalue weighted by Gasteiger charge is 2.20. The van der Waals surface area contributed by atoms with Gasteiger partial charge in [0.1, 0.15) is 5.75 Å². The molecule has 0 aliphatic carbocycles. The predicted octanol–water partition coefficient (Wildman–Crippen LogP) is 4.60. The maximum Gasteiger partial charge on any atom is 0.305 e. The third-order valence-electron chi connectivity index (χ3n) is 5.49. The molecule has 3 rings (SSSR count). The van der Waals surface area contributed by atoms with Crippen LogP contribution in [0.5, 0.6) is 5.75 Å². The number of rotatable bonds is 8. The molecule has 0 fully saturated rings. The molecule has 0 spiro atoms. The van der Waals surface area contributed by atoms with E-state index < -0.39 is 0 Å². The number of benzene rings is 2. The summed E-state index contributed by atoms with van der Waals surface area (Å²) in [5.41, 5.74) is 4.44. The zero-order valence-electron chi connectivity index (χ0n) is 18.9. The van der Waals surface area contributed by atoms with Crippen LogP contribution in [0.2, 0.25) is 0 Å². The summed E-state index contributed by atoms with van der Waals surface area (Å²) in [5.74, 6) is 0.465. The number of methoxy groups -OCH3 is 1. The van der Waals surface area contributed by atoms with Crippen molar-refractivity contribution in [2.45, 2.75) is 33.1 Å². The maximum absolute atomic E-state index is 13.4. The van der Waals surface area contributed by atoms with Gasteiger partial charge in [-0.05, 0) is 74.7 Å². The van der Waals surface area contributed by atoms with Crippen molar-refractivity contribution in [3.63, 3.8) is 0 Å². The Morgan fingerprint density at radius 2 is 1.77 bits per heavy atom. The Labute approximate surface area is 183 Å². The summed E-state index contributed by atoms with van der Waals surface area (Å²) >= 11 is 0. The van der Waals surface area contributed by atoms with Gasteiger partial charge in [0.25, 0.3) is 5.91 Å². The molecule has 6 heteroatoms. The van der Waals surface area contributed by atoms with Gasteiger partial charge in [0, 0.05) is 42.8 Å². The van der Waals surface area contributed by atoms with Crippen LogP contribution in [0.15, 0.2) is 42.5 Å². The molecular formula is C25H30N2O4. The van der Waals surface area contributed by atoms with Crippen LogP contribution in [0.25, 0.3) is 10.9 Å². The van der Waals surface area contributed by atoms with Gasteiger partial charge in [-0.15, -0.1) is 0 Å². The SMILES string of the molecule is CCOC(=O)CCCc1c(C)n(C(=O)c2ccc(N(C)C)cc2)c2ccc(OC)cc12. The van der Waals surface area contributed by atoms with Gasteiger partial charge in [-0.25, -0.2) is 0 Å². The first kappa shape index (κ1) is 22.4. The predicted molar refractivity (Wildman–Crippen MR) is 123 cm³/mol. The number of ether oxygens (including phenoxy) is 2. The molecule has 164 valence electrons. The first-order valence-electron chi connectivity index (χ1n) is 10.5. The average molecular weight is 423 g/mol. The Balaban J connectivity index is 1.99. The topological polar surface area (TPSA) is 60.8 Å². The van der Waals surface area contributed by atoms with E-state index in [9.17, 15) is 9.59 Å². The van der Waals surface area contributed by atoms with Crippen LogP contribution in [0.1, 0.15) is 41.4 Å². The summed E-state index contributed by atoms with van der Waals surface area (Å²) in [7, 11) is 5.57. The Kier molecular flexibility index (Phi) is 7.00. The fraction of sp³-hybridized carbons (Fsp3) is 0.360. The van der Waals surface area contributed by atoms with Crippen LogP contribution in [0, 0.1) is 6.92 Å². The van der Waals surface area contributed by atoms with Crippen molar-refractivity contribution in [2.24, 2.45) is 0 Å². The molecule has 0 aliphatic rings. The standard InChI is InChI=1S/C25H30N2O4/c1-6-31-24(28)9-7-8-21-17(2)27(23-15-14-20(30-5)16-22(21)23)25(29)18-10-12-19(13-11-18)26(3)4/h10-16H,6-9H2,1-5H3. The lowest BCUT2D eigenvalue weighted by Crippen LogP contribution is -2.14. The average Bonchev–Trinajstić information content (AvgIpc) is 3.04. The molecule has 0 radical (unpaired) electrons. The van der Waals surface area contributed by atoms with Crippen molar-refractivity contribution in [3.8, 4) is 5.75 Å². The van der Waals surface area contributed by atoms with Gasteiger partial charge in [-0.3, -0.25) is 14.2 Å². The van der Waals surface area contributed by atoms with Crippen LogP contribution >= 0.6 is 0 Å². The van der Waals surface area contributed by atoms with Crippen molar-refractivity contribution in [3.05, 3.63) is 59.3 Å². The number of hydrogen-bond donors (Lipinski definition) is 0. The molecule has 0 bridgehead atoms. The van der Waals surface area contributed by atoms with Crippen LogP contribution in [0.4, 0.5) is 5.69 Å². The Morgan fingerprint density at radius 3 is 2.39 bits per heavy atom. The van der Waals surface area contributed by atoms with Gasteiger partial charge in [-0.1, -0.05) is 0 Å². The quantitative estimate of drug-likeness (QED) is 0.497. The molecule has 31 heavy (non-hydrogen) atoms. The van der Waals surface area contributed by atoms with Crippen molar-refractivity contribution in [1.82, 2.24) is 4.57 Å². The lowest BCUT2D eigenvalue weighted by molar-refractivity contribution is -0.143. The van der Waals surface area contributed by atoms with Crippen LogP contribution < -0.4 is 9.64 Å². The van der Waals surface area contributed by atoms with Gasteiger partial charge < -0.3 is 14.4 Å². The Hall–Kier alpha value is -3.28. The third kappa shape index (κ3) is 4.74. The molecule has 0 amide bonds. The minimum absolute atomic E-state index is 0.0744. The Morgan fingerprint density at radius 1 is 1.06 bits per heavy atom. The summed E-state index contributed by atoms with van der Waals surface area (Å²) in [4.78, 5) is 27.2. The molecule has 0 saturated carbocycles. The number of fused-ring (bicyclic) bond motifs is 1. The minimum Gasteiger partial charge on any atom is -0.497 e. The summed E-state index contributed by atoms with van der Waals surface area (Å²) < 4.78 is 12.2. The van der Waals surface area contributed by atoms with E-state index >= 15 is 0 Å². The number of aromatic nitrogens is 1. The smallest absolute Gasteiger partial charge is 0.305 e. The molecule has 0 N–H and O–H groups in total. The Bertz CT molecular complexity index is 1080. The molecule has 6 nitrogen and oxygen atoms in total. The zero-order valence-corrected chi connectivity index (χ0v) is 18.9. The number of aryl methyl sites for hydroxylation is 1. The van der Waals surface area contributed by atoms with Gasteiger partial charge in [0.05, 0.1) is 19.2 Å². The molecule has 0 atom stereocenters. The van der Waals surface area contributed by atoms with Crippen LogP contribution in [0.3, 0.4) is 0 Å². The van der Waals surface area contributed by atoms with Crippen molar-refractivity contribution in [1.29, 1.82) is 0 Å². The van der Waals surface area contributed by atoms with Gasteiger partial charge in [0.15, 0.2) is 0 Å². The number of hydrogen-bond acceptors (Lipinski definition) is 5. The van der Waals surface area contributed by atoms with Crippen LogP contribution in [-0.2, 0) is 16.0 Å². The molecule has 1 heterocycles. The molecular weight excluding hydrogens is 392 g/mol. The second-order valence-corrected chi connectivity index (χ2v) is 7.69. The van der Waals surface area contributed by atoms with E-state index in [2.05, 4.69) is 0 Å². The number of esters is 1. The molecule has 3 aromatic rings. The zero-order chi connectivity index (χ0) is 22.5. The van der Waals surface area contributed by atoms with Crippen molar-refractivity contribution in [2.75, 3.05) is 32.7 Å². The summed E-state index contributed by atoms with van der Waals surface area (Å²) in [6.07, 6.45) is 1.68. The van der Waals surface area contributed by atoms with E-state index in [4.69, 9.17) is 9.47 Å². The summed E-state index contributed by atoms with van der Waals surface area (Å²) in [6, 6.07) is 13.3. The maximum atomic E-state index is 13.4. The van der Waals surface area contributed by atoms with Gasteiger partial charge in [0.2, 0.25) is 0 Å². The summed E-state index contributed by atoms with van der Waals surface area (Å²) in [5, 5.41) is 0.971. The second-order valence-electron chi connectivity index (χ2n) is 7.69. The fourth-order valence-electron chi connectivity index (χ4n) is 3.84. The van der Waals surface area contributed by atoms with E-state index in [1.807, 2.05) is 68.4 Å². The van der Waals surface area contributed by atoms with E-state index in [0.29, 0.717) is 31.4 Å². The summed E-state index contributed by atoms with van der Waals surface area (Å²) in [6.45, 7) is 4.15. The van der Waals surface area contributed by atoms with Gasteiger partial charge in [-0.2, -0.15) is 0 Å². The van der Waals surface area contributed by atoms with Crippen LogP contribution in [-0.4, -0.2) is 44.3 Å². The number of anilines is 1. The monoisotopic (exact) mass is 422 g/mol. The first-order valence-corrected chi connectivity index (χ1v) is 10.5. The molecule has 0 saturated heterocycles. The molecule has 0 aliphatic heterocycles. The van der Waals surface area contributed by atoms with E-state index in [-0.39, 0.29) is 11.9 Å². The highest BCUT2D eigenvalue weighted by atomic mass is 16.5. The van der Waals surface area contributed by atoms with Crippen molar-refractivity contribution < 1.29 is 19.1 Å². The van der Waals surface area contributed by atoms with E-state index in [1.165, 1.54) is 0 Å². The first-order chi connectivity index (χ1) is 14.9. The fourth-order valence-corrected chi connectivity index (χ4v) is 3.84. The largest absolute Gasteiger partial charge is 0.497 e. The minimum atomic E-state index is -0.196. The highest BCUT2D eigenvalue weighted by molar-refractivity contribution is 6.04. The molecule has 2 aromatic carbocycles. The molecule has 1 aromatic heterocycles. The van der Waals surface area contributed by atoms with E-state index in [0.717, 1.165) is 33.6 Å². The second kappa shape index (κ2) is 9.69. The lowest BCUT2D eigenvalue weighted by atomic mass is 10.0.